The molecule has 3 N–H and O–H groups in total. The van der Waals surface area contributed by atoms with Gasteiger partial charge in [0.25, 0.3) is 5.91 Å². The molecule has 170 valence electrons. The van der Waals surface area contributed by atoms with Crippen LogP contribution in [0.2, 0.25) is 0 Å². The molecule has 11 heteroatoms. The molecule has 1 saturated heterocycles. The van der Waals surface area contributed by atoms with E-state index in [1.807, 2.05) is 6.92 Å². The standard InChI is InChI=1S/C21H20F4N4O2S/c1-2-11-3-6-16(27-8-11)18(30)29-12-4-5-15(22)13(7-12)20-10-31-17(21(23,24)25)14(20)9-28-19(26)32-20/h3-8,14,17H,2,9-10H2,1H3,(H2,26,28)(H,29,30)/t14-,17-,20+/m0/s1. The number of carbonyl (C=O) groups is 1. The molecule has 0 spiro atoms. The Morgan fingerprint density at radius 3 is 2.78 bits per heavy atom. The number of benzene rings is 1. The quantitative estimate of drug-likeness (QED) is 0.665. The molecule has 0 bridgehead atoms. The summed E-state index contributed by atoms with van der Waals surface area (Å²) in [6.45, 7) is 1.32. The van der Waals surface area contributed by atoms with Crippen LogP contribution >= 0.6 is 11.8 Å². The lowest BCUT2D eigenvalue weighted by molar-refractivity contribution is -0.215. The van der Waals surface area contributed by atoms with Crippen molar-refractivity contribution in [3.05, 3.63) is 59.2 Å². The molecule has 2 aliphatic rings. The number of amides is 1. The first kappa shape index (κ1) is 22.5. The molecule has 0 unspecified atom stereocenters. The van der Waals surface area contributed by atoms with Gasteiger partial charge in [0.2, 0.25) is 0 Å². The number of aliphatic imine (C=N–C) groups is 1. The number of hydrogen-bond donors (Lipinski definition) is 2. The zero-order valence-electron chi connectivity index (χ0n) is 16.9. The minimum absolute atomic E-state index is 0.0239. The van der Waals surface area contributed by atoms with E-state index in [2.05, 4.69) is 15.3 Å². The van der Waals surface area contributed by atoms with Crippen LogP contribution in [0.5, 0.6) is 0 Å². The first-order valence-corrected chi connectivity index (χ1v) is 10.7. The molecule has 3 atom stereocenters. The zero-order valence-corrected chi connectivity index (χ0v) is 17.8. The molecule has 6 nitrogen and oxygen atoms in total. The third kappa shape index (κ3) is 4.06. The van der Waals surface area contributed by atoms with Crippen LogP contribution < -0.4 is 11.1 Å². The third-order valence-electron chi connectivity index (χ3n) is 5.64. The molecule has 1 amide bonds. The number of nitrogens with zero attached hydrogens (tertiary/aromatic N) is 2. The summed E-state index contributed by atoms with van der Waals surface area (Å²) in [5, 5.41) is 2.69. The number of carbonyl (C=O) groups excluding carboxylic acids is 1. The Morgan fingerprint density at radius 1 is 1.34 bits per heavy atom. The molecule has 32 heavy (non-hydrogen) atoms. The second kappa shape index (κ2) is 8.36. The van der Waals surface area contributed by atoms with Gasteiger partial charge in [-0.15, -0.1) is 0 Å². The number of ether oxygens (including phenoxy) is 1. The highest BCUT2D eigenvalue weighted by Crippen LogP contribution is 2.55. The highest BCUT2D eigenvalue weighted by atomic mass is 32.2. The minimum Gasteiger partial charge on any atom is -0.379 e. The molecule has 0 saturated carbocycles. The molecule has 3 heterocycles. The van der Waals surface area contributed by atoms with Crippen molar-refractivity contribution in [2.45, 2.75) is 30.4 Å². The van der Waals surface area contributed by atoms with Gasteiger partial charge in [-0.1, -0.05) is 24.8 Å². The van der Waals surface area contributed by atoms with Crippen molar-refractivity contribution in [3.8, 4) is 0 Å². The maximum atomic E-state index is 14.9. The number of aryl methyl sites for hydroxylation is 1. The van der Waals surface area contributed by atoms with E-state index in [-0.39, 0.29) is 28.7 Å². The van der Waals surface area contributed by atoms with Gasteiger partial charge in [0.05, 0.1) is 11.4 Å². The number of hydrogen-bond acceptors (Lipinski definition) is 6. The summed E-state index contributed by atoms with van der Waals surface area (Å²) in [4.78, 5) is 20.6. The van der Waals surface area contributed by atoms with Crippen molar-refractivity contribution in [1.82, 2.24) is 4.98 Å². The van der Waals surface area contributed by atoms with Crippen LogP contribution in [0.4, 0.5) is 23.2 Å². The maximum absolute atomic E-state index is 14.9. The molecule has 1 fully saturated rings. The number of thioether (sulfide) groups is 1. The Balaban J connectivity index is 1.67. The summed E-state index contributed by atoms with van der Waals surface area (Å²) in [6, 6.07) is 7.11. The fourth-order valence-electron chi connectivity index (χ4n) is 3.98. The lowest BCUT2D eigenvalue weighted by Gasteiger charge is -2.37. The molecule has 2 aliphatic heterocycles. The van der Waals surface area contributed by atoms with E-state index < -0.39 is 41.3 Å². The van der Waals surface area contributed by atoms with E-state index >= 15 is 0 Å². The Labute approximate surface area is 185 Å². The summed E-state index contributed by atoms with van der Waals surface area (Å²) in [5.41, 5.74) is 7.13. The monoisotopic (exact) mass is 468 g/mol. The summed E-state index contributed by atoms with van der Waals surface area (Å²) < 4.78 is 59.2. The fourth-order valence-corrected chi connectivity index (χ4v) is 5.24. The molecular weight excluding hydrogens is 448 g/mol. The highest BCUT2D eigenvalue weighted by Gasteiger charge is 2.62. The van der Waals surface area contributed by atoms with E-state index in [9.17, 15) is 22.4 Å². The van der Waals surface area contributed by atoms with Crippen molar-refractivity contribution in [2.75, 3.05) is 18.5 Å². The molecule has 4 rings (SSSR count). The van der Waals surface area contributed by atoms with Crippen LogP contribution in [0.15, 0.2) is 41.5 Å². The third-order valence-corrected chi connectivity index (χ3v) is 6.98. The van der Waals surface area contributed by atoms with Gasteiger partial charge in [-0.2, -0.15) is 13.2 Å². The number of alkyl halides is 3. The minimum atomic E-state index is -4.63. The van der Waals surface area contributed by atoms with Crippen LogP contribution in [0.25, 0.3) is 0 Å². The number of amidine groups is 1. The lowest BCUT2D eigenvalue weighted by atomic mass is 9.83. The molecule has 0 radical (unpaired) electrons. The number of pyridine rings is 1. The van der Waals surface area contributed by atoms with Crippen molar-refractivity contribution in [1.29, 1.82) is 0 Å². The van der Waals surface area contributed by atoms with Gasteiger partial charge in [-0.05, 0) is 36.2 Å². The number of nitrogens with two attached hydrogens (primary N) is 1. The molecule has 1 aromatic carbocycles. The number of fused-ring (bicyclic) bond motifs is 1. The molecule has 0 aliphatic carbocycles. The van der Waals surface area contributed by atoms with Gasteiger partial charge in [0.1, 0.15) is 11.5 Å². The largest absolute Gasteiger partial charge is 0.415 e. The van der Waals surface area contributed by atoms with Crippen LogP contribution in [-0.4, -0.2) is 41.5 Å². The highest BCUT2D eigenvalue weighted by molar-refractivity contribution is 8.14. The predicted octanol–water partition coefficient (Wildman–Crippen LogP) is 3.87. The Kier molecular flexibility index (Phi) is 5.89. The predicted molar refractivity (Wildman–Crippen MR) is 113 cm³/mol. The van der Waals surface area contributed by atoms with Gasteiger partial charge in [0, 0.05) is 29.9 Å². The van der Waals surface area contributed by atoms with Gasteiger partial charge < -0.3 is 15.8 Å². The van der Waals surface area contributed by atoms with Gasteiger partial charge in [-0.3, -0.25) is 14.8 Å². The Bertz CT molecular complexity index is 1060. The molecule has 1 aromatic heterocycles. The van der Waals surface area contributed by atoms with Crippen molar-refractivity contribution < 1.29 is 27.1 Å². The van der Waals surface area contributed by atoms with Crippen molar-refractivity contribution >= 4 is 28.5 Å². The van der Waals surface area contributed by atoms with Gasteiger partial charge in [-0.25, -0.2) is 4.39 Å². The first-order valence-electron chi connectivity index (χ1n) is 9.87. The SMILES string of the molecule is CCc1ccc(C(=O)Nc2ccc(F)c([C@]34CO[C@H](C(F)(F)F)[C@@H]3CN=C(N)S4)c2)nc1. The van der Waals surface area contributed by atoms with Crippen LogP contribution in [0, 0.1) is 11.7 Å². The van der Waals surface area contributed by atoms with Crippen LogP contribution in [0.3, 0.4) is 0 Å². The van der Waals surface area contributed by atoms with Gasteiger partial charge in [0.15, 0.2) is 11.3 Å². The van der Waals surface area contributed by atoms with E-state index in [1.54, 1.807) is 18.3 Å². The summed E-state index contributed by atoms with van der Waals surface area (Å²) in [7, 11) is 0. The van der Waals surface area contributed by atoms with Crippen LogP contribution in [0.1, 0.15) is 28.5 Å². The topological polar surface area (TPSA) is 89.6 Å². The Hall–Kier alpha value is -2.66. The average Bonchev–Trinajstić information content (AvgIpc) is 3.15. The van der Waals surface area contributed by atoms with E-state index in [4.69, 9.17) is 10.5 Å². The fraction of sp³-hybridized carbons (Fsp3) is 0.381. The summed E-state index contributed by atoms with van der Waals surface area (Å²) in [6.07, 6.45) is -4.37. The average molecular weight is 468 g/mol. The van der Waals surface area contributed by atoms with Crippen molar-refractivity contribution in [3.63, 3.8) is 0 Å². The number of halogens is 4. The maximum Gasteiger partial charge on any atom is 0.415 e. The second-order valence-corrected chi connectivity index (χ2v) is 8.96. The van der Waals surface area contributed by atoms with E-state index in [1.165, 1.54) is 12.1 Å². The summed E-state index contributed by atoms with van der Waals surface area (Å²) >= 11 is 0.857. The molecular formula is C21H20F4N4O2S. The van der Waals surface area contributed by atoms with E-state index in [0.717, 1.165) is 29.8 Å². The lowest BCUT2D eigenvalue weighted by Crippen LogP contribution is -2.45. The van der Waals surface area contributed by atoms with Gasteiger partial charge >= 0.3 is 6.18 Å². The second-order valence-electron chi connectivity index (χ2n) is 7.60. The Morgan fingerprint density at radius 2 is 2.12 bits per heavy atom. The van der Waals surface area contributed by atoms with Crippen molar-refractivity contribution in [2.24, 2.45) is 16.6 Å². The van der Waals surface area contributed by atoms with Crippen LogP contribution in [-0.2, 0) is 15.9 Å². The first-order chi connectivity index (χ1) is 15.1. The molecule has 2 aromatic rings. The smallest absolute Gasteiger partial charge is 0.379 e. The number of aromatic nitrogens is 1. The number of anilines is 1. The summed E-state index contributed by atoms with van der Waals surface area (Å²) in [5.74, 6) is -2.40. The van der Waals surface area contributed by atoms with E-state index in [0.29, 0.717) is 0 Å². The number of rotatable bonds is 4. The number of nitrogens with one attached hydrogen (secondary N) is 1. The zero-order chi connectivity index (χ0) is 23.1. The normalized spacial score (nSPS) is 25.2.